The molecule has 142 valence electrons. The molecule has 1 amide bonds. The van der Waals surface area contributed by atoms with E-state index in [1.807, 2.05) is 30.3 Å². The Hall–Kier alpha value is -3.12. The van der Waals surface area contributed by atoms with Crippen molar-refractivity contribution in [3.63, 3.8) is 0 Å². The molecule has 3 aromatic rings. The minimum absolute atomic E-state index is 0.289. The van der Waals surface area contributed by atoms with Gasteiger partial charge in [0.05, 0.1) is 0 Å². The molecule has 0 spiro atoms. The minimum Gasteiger partial charge on any atom is -0.457 e. The van der Waals surface area contributed by atoms with Crippen LogP contribution in [-0.4, -0.2) is 11.7 Å². The molecule has 3 aromatic carbocycles. The Kier molecular flexibility index (Phi) is 6.81. The Bertz CT molecular complexity index is 927. The predicted octanol–water partition coefficient (Wildman–Crippen LogP) is 6.45. The van der Waals surface area contributed by atoms with Crippen LogP contribution in [0.15, 0.2) is 89.8 Å². The molecule has 0 aliphatic carbocycles. The van der Waals surface area contributed by atoms with E-state index in [1.54, 1.807) is 54.6 Å². The summed E-state index contributed by atoms with van der Waals surface area (Å²) in [6.07, 6.45) is 3.02. The number of thioether (sulfide) groups is 1. The smallest absolute Gasteiger partial charge is 0.288 e. The third-order valence-electron chi connectivity index (χ3n) is 3.63. The third kappa shape index (κ3) is 6.25. The average molecular weight is 397 g/mol. The SMILES string of the molecule is O=C(C=Cc1ccc(SC(F)F)cc1)Nc1ccc(Oc2ccccc2)cc1. The quantitative estimate of drug-likeness (QED) is 0.368. The molecule has 0 saturated carbocycles. The second-order valence-electron chi connectivity index (χ2n) is 5.71. The van der Waals surface area contributed by atoms with Crippen molar-refractivity contribution in [1.29, 1.82) is 0 Å². The molecule has 28 heavy (non-hydrogen) atoms. The van der Waals surface area contributed by atoms with Crippen LogP contribution in [0.3, 0.4) is 0 Å². The molecule has 3 rings (SSSR count). The summed E-state index contributed by atoms with van der Waals surface area (Å²) < 4.78 is 30.3. The topological polar surface area (TPSA) is 38.3 Å². The lowest BCUT2D eigenvalue weighted by Crippen LogP contribution is -2.07. The van der Waals surface area contributed by atoms with E-state index in [0.717, 1.165) is 11.3 Å². The zero-order valence-electron chi connectivity index (χ0n) is 14.7. The maximum absolute atomic E-state index is 12.3. The van der Waals surface area contributed by atoms with Gasteiger partial charge in [-0.1, -0.05) is 42.1 Å². The molecule has 1 N–H and O–H groups in total. The Balaban J connectivity index is 1.53. The molecule has 0 aromatic heterocycles. The Morgan fingerprint density at radius 2 is 1.54 bits per heavy atom. The van der Waals surface area contributed by atoms with Crippen molar-refractivity contribution in [3.05, 3.63) is 90.5 Å². The predicted molar refractivity (Wildman–Crippen MR) is 109 cm³/mol. The maximum Gasteiger partial charge on any atom is 0.288 e. The molecule has 0 atom stereocenters. The van der Waals surface area contributed by atoms with E-state index < -0.39 is 5.76 Å². The Labute approximate surface area is 166 Å². The highest BCUT2D eigenvalue weighted by Crippen LogP contribution is 2.25. The van der Waals surface area contributed by atoms with E-state index >= 15 is 0 Å². The lowest BCUT2D eigenvalue weighted by molar-refractivity contribution is -0.111. The van der Waals surface area contributed by atoms with Gasteiger partial charge in [-0.2, -0.15) is 8.78 Å². The number of amides is 1. The first kappa shape index (κ1) is 19.6. The van der Waals surface area contributed by atoms with Crippen LogP contribution in [-0.2, 0) is 4.79 Å². The summed E-state index contributed by atoms with van der Waals surface area (Å²) in [4.78, 5) is 12.5. The lowest BCUT2D eigenvalue weighted by Gasteiger charge is -2.07. The molecule has 0 bridgehead atoms. The number of ether oxygens (including phenoxy) is 1. The largest absolute Gasteiger partial charge is 0.457 e. The second kappa shape index (κ2) is 9.71. The highest BCUT2D eigenvalue weighted by atomic mass is 32.2. The summed E-state index contributed by atoms with van der Waals surface area (Å²) in [5, 5.41) is 2.76. The number of hydrogen-bond acceptors (Lipinski definition) is 3. The van der Waals surface area contributed by atoms with Gasteiger partial charge in [0.25, 0.3) is 5.76 Å². The number of hydrogen-bond donors (Lipinski definition) is 1. The fraction of sp³-hybridized carbons (Fsp3) is 0.0455. The van der Waals surface area contributed by atoms with E-state index in [-0.39, 0.29) is 5.91 Å². The van der Waals surface area contributed by atoms with E-state index in [9.17, 15) is 13.6 Å². The third-order valence-corrected chi connectivity index (χ3v) is 4.36. The van der Waals surface area contributed by atoms with Gasteiger partial charge < -0.3 is 10.1 Å². The van der Waals surface area contributed by atoms with Crippen LogP contribution in [0.25, 0.3) is 6.08 Å². The number of halogens is 2. The van der Waals surface area contributed by atoms with Gasteiger partial charge in [0.15, 0.2) is 0 Å². The van der Waals surface area contributed by atoms with Crippen LogP contribution in [0.5, 0.6) is 11.5 Å². The monoisotopic (exact) mass is 397 g/mol. The zero-order valence-corrected chi connectivity index (χ0v) is 15.5. The fourth-order valence-electron chi connectivity index (χ4n) is 2.35. The highest BCUT2D eigenvalue weighted by Gasteiger charge is 2.04. The number of rotatable bonds is 7. The fourth-order valence-corrected chi connectivity index (χ4v) is 2.85. The van der Waals surface area contributed by atoms with Crippen molar-refractivity contribution in [2.24, 2.45) is 0 Å². The Morgan fingerprint density at radius 1 is 0.893 bits per heavy atom. The van der Waals surface area contributed by atoms with Gasteiger partial charge in [0.1, 0.15) is 11.5 Å². The lowest BCUT2D eigenvalue weighted by atomic mass is 10.2. The summed E-state index contributed by atoms with van der Waals surface area (Å²) in [5.74, 6) is -1.33. The van der Waals surface area contributed by atoms with E-state index in [0.29, 0.717) is 28.1 Å². The molecular weight excluding hydrogens is 380 g/mol. The summed E-state index contributed by atoms with van der Waals surface area (Å²) in [5.41, 5.74) is 1.39. The van der Waals surface area contributed by atoms with Crippen molar-refractivity contribution in [1.82, 2.24) is 0 Å². The van der Waals surface area contributed by atoms with Crippen molar-refractivity contribution >= 4 is 29.4 Å². The van der Waals surface area contributed by atoms with Crippen LogP contribution in [0.1, 0.15) is 5.56 Å². The number of alkyl halides is 2. The van der Waals surface area contributed by atoms with Gasteiger partial charge in [0.2, 0.25) is 5.91 Å². The van der Waals surface area contributed by atoms with Gasteiger partial charge >= 0.3 is 0 Å². The van der Waals surface area contributed by atoms with Gasteiger partial charge in [-0.15, -0.1) is 0 Å². The van der Waals surface area contributed by atoms with Gasteiger partial charge in [-0.3, -0.25) is 4.79 Å². The van der Waals surface area contributed by atoms with Crippen molar-refractivity contribution in [2.75, 3.05) is 5.32 Å². The second-order valence-corrected chi connectivity index (χ2v) is 6.77. The Morgan fingerprint density at radius 3 is 2.18 bits per heavy atom. The van der Waals surface area contributed by atoms with E-state index in [4.69, 9.17) is 4.74 Å². The molecule has 0 saturated heterocycles. The van der Waals surface area contributed by atoms with Crippen LogP contribution in [0.4, 0.5) is 14.5 Å². The van der Waals surface area contributed by atoms with E-state index in [2.05, 4.69) is 5.32 Å². The maximum atomic E-state index is 12.3. The summed E-state index contributed by atoms with van der Waals surface area (Å²) in [6.45, 7) is 0. The molecule has 6 heteroatoms. The van der Waals surface area contributed by atoms with Crippen LogP contribution >= 0.6 is 11.8 Å². The summed E-state index contributed by atoms with van der Waals surface area (Å²) in [6, 6.07) is 23.0. The first-order valence-electron chi connectivity index (χ1n) is 8.45. The molecule has 3 nitrogen and oxygen atoms in total. The molecule has 0 heterocycles. The van der Waals surface area contributed by atoms with Gasteiger partial charge in [-0.05, 0) is 60.2 Å². The van der Waals surface area contributed by atoms with Crippen molar-refractivity contribution < 1.29 is 18.3 Å². The molecule has 0 fully saturated rings. The van der Waals surface area contributed by atoms with Gasteiger partial charge in [0, 0.05) is 16.7 Å². The van der Waals surface area contributed by atoms with Crippen molar-refractivity contribution in [2.45, 2.75) is 10.7 Å². The molecule has 0 aliphatic heterocycles. The van der Waals surface area contributed by atoms with Crippen LogP contribution < -0.4 is 10.1 Å². The zero-order chi connectivity index (χ0) is 19.8. The number of carbonyl (C=O) groups is 1. The molecular formula is C22H17F2NO2S. The first-order chi connectivity index (χ1) is 13.6. The first-order valence-corrected chi connectivity index (χ1v) is 9.33. The average Bonchev–Trinajstić information content (AvgIpc) is 2.69. The summed E-state index contributed by atoms with van der Waals surface area (Å²) >= 11 is 0.488. The normalized spacial score (nSPS) is 11.0. The number of nitrogens with one attached hydrogen (secondary N) is 1. The standard InChI is InChI=1S/C22H17F2NO2S/c23-22(24)28-20-13-6-16(7-14-20)8-15-21(26)25-17-9-11-19(12-10-17)27-18-4-2-1-3-5-18/h1-15,22H,(H,25,26). The van der Waals surface area contributed by atoms with E-state index in [1.165, 1.54) is 6.08 Å². The summed E-state index contributed by atoms with van der Waals surface area (Å²) in [7, 11) is 0. The highest BCUT2D eigenvalue weighted by molar-refractivity contribution is 7.99. The number of para-hydroxylation sites is 1. The minimum atomic E-state index is -2.45. The van der Waals surface area contributed by atoms with Gasteiger partial charge in [-0.25, -0.2) is 0 Å². The number of carbonyl (C=O) groups excluding carboxylic acids is 1. The van der Waals surface area contributed by atoms with Crippen molar-refractivity contribution in [3.8, 4) is 11.5 Å². The molecule has 0 aliphatic rings. The number of anilines is 1. The van der Waals surface area contributed by atoms with Crippen LogP contribution in [0.2, 0.25) is 0 Å². The number of benzene rings is 3. The molecule has 0 unspecified atom stereocenters. The van der Waals surface area contributed by atoms with Crippen LogP contribution in [0, 0.1) is 0 Å². The molecule has 0 radical (unpaired) electrons.